The van der Waals surface area contributed by atoms with Crippen LogP contribution < -0.4 is 0 Å². The van der Waals surface area contributed by atoms with Crippen LogP contribution >= 0.6 is 0 Å². The second kappa shape index (κ2) is 4.27. The van der Waals surface area contributed by atoms with E-state index in [0.717, 1.165) is 5.56 Å². The van der Waals surface area contributed by atoms with Crippen LogP contribution in [0.5, 0.6) is 0 Å². The van der Waals surface area contributed by atoms with Gasteiger partial charge in [0.1, 0.15) is 11.3 Å². The summed E-state index contributed by atoms with van der Waals surface area (Å²) in [4.78, 5) is 11.4. The first kappa shape index (κ1) is 11.0. The number of ether oxygens (including phenoxy) is 1. The third-order valence-corrected chi connectivity index (χ3v) is 3.00. The van der Waals surface area contributed by atoms with E-state index in [1.807, 2.05) is 30.3 Å². The van der Waals surface area contributed by atoms with Gasteiger partial charge in [-0.2, -0.15) is 5.10 Å². The Morgan fingerprint density at radius 2 is 2.11 bits per heavy atom. The normalized spacial score (nSPS) is 14.2. The van der Waals surface area contributed by atoms with Crippen LogP contribution in [0.3, 0.4) is 0 Å². The molecule has 0 saturated carbocycles. The first-order valence-corrected chi connectivity index (χ1v) is 5.73. The highest BCUT2D eigenvalue weighted by Gasteiger charge is 2.26. The summed E-state index contributed by atoms with van der Waals surface area (Å²) in [6, 6.07) is 9.36. The standard InChI is InChI=1S/C13H12N2O3/c16-13(17)11-10-8-18-7-6-15(10)14-12(11)9-4-2-1-3-5-9/h1-5H,6-8H2,(H,16,17). The van der Waals surface area contributed by atoms with Gasteiger partial charge in [-0.3, -0.25) is 4.68 Å². The molecule has 0 radical (unpaired) electrons. The second-order valence-electron chi connectivity index (χ2n) is 4.12. The number of carboxylic acids is 1. The van der Waals surface area contributed by atoms with Crippen molar-refractivity contribution in [1.29, 1.82) is 0 Å². The summed E-state index contributed by atoms with van der Waals surface area (Å²) in [6.07, 6.45) is 0. The zero-order valence-corrected chi connectivity index (χ0v) is 9.67. The van der Waals surface area contributed by atoms with Gasteiger partial charge in [-0.05, 0) is 0 Å². The predicted molar refractivity (Wildman–Crippen MR) is 64.3 cm³/mol. The molecule has 1 aromatic heterocycles. The number of fused-ring (bicyclic) bond motifs is 1. The highest BCUT2D eigenvalue weighted by Crippen LogP contribution is 2.27. The van der Waals surface area contributed by atoms with Crippen molar-refractivity contribution in [2.45, 2.75) is 13.2 Å². The van der Waals surface area contributed by atoms with E-state index in [0.29, 0.717) is 31.1 Å². The van der Waals surface area contributed by atoms with Gasteiger partial charge in [0.2, 0.25) is 0 Å². The molecule has 0 atom stereocenters. The number of hydrogen-bond donors (Lipinski definition) is 1. The molecule has 5 heteroatoms. The molecule has 1 N–H and O–H groups in total. The fraction of sp³-hybridized carbons (Fsp3) is 0.231. The molecule has 0 fully saturated rings. The van der Waals surface area contributed by atoms with Crippen LogP contribution in [0.4, 0.5) is 0 Å². The minimum Gasteiger partial charge on any atom is -0.478 e. The lowest BCUT2D eigenvalue weighted by Crippen LogP contribution is -2.18. The highest BCUT2D eigenvalue weighted by atomic mass is 16.5. The van der Waals surface area contributed by atoms with E-state index in [-0.39, 0.29) is 5.56 Å². The molecular formula is C13H12N2O3. The van der Waals surface area contributed by atoms with E-state index < -0.39 is 5.97 Å². The van der Waals surface area contributed by atoms with Gasteiger partial charge in [-0.15, -0.1) is 0 Å². The number of aromatic nitrogens is 2. The van der Waals surface area contributed by atoms with E-state index >= 15 is 0 Å². The molecule has 2 aromatic rings. The summed E-state index contributed by atoms with van der Waals surface area (Å²) >= 11 is 0. The Balaban J connectivity index is 2.20. The van der Waals surface area contributed by atoms with Gasteiger partial charge in [-0.25, -0.2) is 4.79 Å². The molecular weight excluding hydrogens is 232 g/mol. The molecule has 0 saturated heterocycles. The molecule has 5 nitrogen and oxygen atoms in total. The van der Waals surface area contributed by atoms with Crippen LogP contribution in [0.1, 0.15) is 16.1 Å². The average Bonchev–Trinajstić information content (AvgIpc) is 2.79. The van der Waals surface area contributed by atoms with Crippen LogP contribution in [0.25, 0.3) is 11.3 Å². The van der Waals surface area contributed by atoms with Crippen molar-refractivity contribution in [2.75, 3.05) is 6.61 Å². The SMILES string of the molecule is O=C(O)c1c(-c2ccccc2)nn2c1COCC2. The lowest BCUT2D eigenvalue weighted by atomic mass is 10.1. The van der Waals surface area contributed by atoms with Crippen LogP contribution in [-0.2, 0) is 17.9 Å². The molecule has 0 spiro atoms. The summed E-state index contributed by atoms with van der Waals surface area (Å²) in [7, 11) is 0. The maximum Gasteiger partial charge on any atom is 0.339 e. The monoisotopic (exact) mass is 244 g/mol. The molecule has 1 aliphatic heterocycles. The topological polar surface area (TPSA) is 64.3 Å². The van der Waals surface area contributed by atoms with Crippen molar-refractivity contribution >= 4 is 5.97 Å². The van der Waals surface area contributed by atoms with Gasteiger partial charge in [0.25, 0.3) is 0 Å². The number of nitrogens with zero attached hydrogens (tertiary/aromatic N) is 2. The quantitative estimate of drug-likeness (QED) is 0.874. The summed E-state index contributed by atoms with van der Waals surface area (Å²) in [5, 5.41) is 13.8. The Labute approximate surface area is 104 Å². The highest BCUT2D eigenvalue weighted by molar-refractivity contribution is 5.96. The summed E-state index contributed by atoms with van der Waals surface area (Å²) in [5.41, 5.74) is 2.23. The predicted octanol–water partition coefficient (Wildman–Crippen LogP) is 1.78. The maximum absolute atomic E-state index is 11.4. The van der Waals surface area contributed by atoms with E-state index in [1.165, 1.54) is 0 Å². The molecule has 1 aromatic carbocycles. The molecule has 3 rings (SSSR count). The van der Waals surface area contributed by atoms with Crippen molar-refractivity contribution in [1.82, 2.24) is 9.78 Å². The summed E-state index contributed by atoms with van der Waals surface area (Å²) < 4.78 is 7.04. The van der Waals surface area contributed by atoms with Gasteiger partial charge >= 0.3 is 5.97 Å². The zero-order chi connectivity index (χ0) is 12.5. The molecule has 1 aliphatic rings. The summed E-state index contributed by atoms with van der Waals surface area (Å²) in [5.74, 6) is -0.958. The maximum atomic E-state index is 11.4. The van der Waals surface area contributed by atoms with Crippen molar-refractivity contribution < 1.29 is 14.6 Å². The van der Waals surface area contributed by atoms with Crippen LogP contribution in [0.15, 0.2) is 30.3 Å². The number of carbonyl (C=O) groups is 1. The number of carboxylic acid groups (broad SMARTS) is 1. The van der Waals surface area contributed by atoms with Crippen molar-refractivity contribution in [3.63, 3.8) is 0 Å². The van der Waals surface area contributed by atoms with Crippen molar-refractivity contribution in [2.24, 2.45) is 0 Å². The van der Waals surface area contributed by atoms with E-state index in [9.17, 15) is 9.90 Å². The van der Waals surface area contributed by atoms with Crippen LogP contribution in [-0.4, -0.2) is 27.5 Å². The first-order chi connectivity index (χ1) is 8.77. The number of hydrogen-bond acceptors (Lipinski definition) is 3. The smallest absolute Gasteiger partial charge is 0.339 e. The third-order valence-electron chi connectivity index (χ3n) is 3.00. The van der Waals surface area contributed by atoms with Gasteiger partial charge in [0, 0.05) is 5.56 Å². The summed E-state index contributed by atoms with van der Waals surface area (Å²) in [6.45, 7) is 1.48. The van der Waals surface area contributed by atoms with E-state index in [1.54, 1.807) is 4.68 Å². The van der Waals surface area contributed by atoms with Crippen molar-refractivity contribution in [3.8, 4) is 11.3 Å². The van der Waals surface area contributed by atoms with Crippen LogP contribution in [0.2, 0.25) is 0 Å². The second-order valence-corrected chi connectivity index (χ2v) is 4.12. The van der Waals surface area contributed by atoms with Gasteiger partial charge in [0.05, 0.1) is 25.5 Å². The number of aromatic carboxylic acids is 1. The fourth-order valence-corrected chi connectivity index (χ4v) is 2.17. The Hall–Kier alpha value is -2.14. The van der Waals surface area contributed by atoms with Gasteiger partial charge < -0.3 is 9.84 Å². The lowest BCUT2D eigenvalue weighted by molar-refractivity contribution is 0.0654. The Kier molecular flexibility index (Phi) is 2.60. The van der Waals surface area contributed by atoms with Gasteiger partial charge in [-0.1, -0.05) is 30.3 Å². The number of benzene rings is 1. The minimum atomic E-state index is -0.958. The molecule has 92 valence electrons. The Morgan fingerprint density at radius 1 is 1.33 bits per heavy atom. The lowest BCUT2D eigenvalue weighted by Gasteiger charge is -2.14. The average molecular weight is 244 g/mol. The Morgan fingerprint density at radius 3 is 2.83 bits per heavy atom. The molecule has 0 aliphatic carbocycles. The number of rotatable bonds is 2. The first-order valence-electron chi connectivity index (χ1n) is 5.73. The van der Waals surface area contributed by atoms with Crippen molar-refractivity contribution in [3.05, 3.63) is 41.6 Å². The molecule has 2 heterocycles. The minimum absolute atomic E-state index is 0.251. The third kappa shape index (κ3) is 1.69. The molecule has 0 amide bonds. The van der Waals surface area contributed by atoms with E-state index in [4.69, 9.17) is 4.74 Å². The molecule has 18 heavy (non-hydrogen) atoms. The van der Waals surface area contributed by atoms with Crippen LogP contribution in [0, 0.1) is 0 Å². The fourth-order valence-electron chi connectivity index (χ4n) is 2.17. The largest absolute Gasteiger partial charge is 0.478 e. The molecule has 0 bridgehead atoms. The zero-order valence-electron chi connectivity index (χ0n) is 9.67. The Bertz CT molecular complexity index is 590. The molecule has 0 unspecified atom stereocenters. The van der Waals surface area contributed by atoms with E-state index in [2.05, 4.69) is 5.10 Å². The van der Waals surface area contributed by atoms with Gasteiger partial charge in [0.15, 0.2) is 0 Å².